The molecule has 0 spiro atoms. The lowest BCUT2D eigenvalue weighted by atomic mass is 10.2. The molecule has 28 heavy (non-hydrogen) atoms. The van der Waals surface area contributed by atoms with Crippen LogP contribution < -0.4 is 9.47 Å². The van der Waals surface area contributed by atoms with E-state index in [1.54, 1.807) is 18.9 Å². The number of rotatable bonds is 6. The Morgan fingerprint density at radius 3 is 2.25 bits per heavy atom. The fourth-order valence-corrected chi connectivity index (χ4v) is 3.70. The molecule has 144 valence electrons. The predicted molar refractivity (Wildman–Crippen MR) is 118 cm³/mol. The van der Waals surface area contributed by atoms with Crippen molar-refractivity contribution in [3.05, 3.63) is 83.9 Å². The van der Waals surface area contributed by atoms with Gasteiger partial charge in [-0.05, 0) is 57.2 Å². The van der Waals surface area contributed by atoms with Crippen LogP contribution >= 0.6 is 11.8 Å². The molecule has 0 saturated heterocycles. The van der Waals surface area contributed by atoms with Gasteiger partial charge in [0.05, 0.1) is 12.8 Å². The summed E-state index contributed by atoms with van der Waals surface area (Å²) >= 11 is 1.63. The lowest BCUT2D eigenvalue weighted by molar-refractivity contribution is 0.271. The van der Waals surface area contributed by atoms with E-state index in [4.69, 9.17) is 14.5 Å². The standard InChI is InChI=1S/C24H25NO2S/c1-17-12-14-20(15-13-17)25-24(28-21-9-7-8-18(2)16-21)19(3)27-23-11-6-5-10-22(23)26-4/h5-16,19H,1-4H3. The van der Waals surface area contributed by atoms with Gasteiger partial charge in [-0.3, -0.25) is 0 Å². The minimum Gasteiger partial charge on any atom is -0.493 e. The first-order chi connectivity index (χ1) is 13.5. The Bertz CT molecular complexity index is 951. The minimum atomic E-state index is -0.233. The molecule has 1 atom stereocenters. The number of aryl methyl sites for hydroxylation is 2. The van der Waals surface area contributed by atoms with Crippen LogP contribution in [0, 0.1) is 13.8 Å². The molecule has 0 aromatic heterocycles. The topological polar surface area (TPSA) is 30.8 Å². The van der Waals surface area contributed by atoms with Crippen molar-refractivity contribution in [3.63, 3.8) is 0 Å². The smallest absolute Gasteiger partial charge is 0.162 e. The molecule has 0 N–H and O–H groups in total. The molecule has 0 amide bonds. The van der Waals surface area contributed by atoms with Crippen LogP contribution in [0.1, 0.15) is 18.1 Å². The van der Waals surface area contributed by atoms with E-state index in [2.05, 4.69) is 50.2 Å². The van der Waals surface area contributed by atoms with Crippen LogP contribution in [0.2, 0.25) is 0 Å². The fourth-order valence-electron chi connectivity index (χ4n) is 2.70. The van der Waals surface area contributed by atoms with Crippen molar-refractivity contribution in [2.45, 2.75) is 31.8 Å². The summed E-state index contributed by atoms with van der Waals surface area (Å²) in [5.41, 5.74) is 3.35. The van der Waals surface area contributed by atoms with Crippen LogP contribution in [-0.2, 0) is 0 Å². The molecule has 0 saturated carbocycles. The second-order valence-electron chi connectivity index (χ2n) is 6.62. The maximum Gasteiger partial charge on any atom is 0.162 e. The van der Waals surface area contributed by atoms with Crippen molar-refractivity contribution in [3.8, 4) is 11.5 Å². The van der Waals surface area contributed by atoms with Gasteiger partial charge in [-0.2, -0.15) is 0 Å². The largest absolute Gasteiger partial charge is 0.493 e. The van der Waals surface area contributed by atoms with E-state index >= 15 is 0 Å². The monoisotopic (exact) mass is 391 g/mol. The third kappa shape index (κ3) is 5.40. The van der Waals surface area contributed by atoms with Crippen LogP contribution in [0.3, 0.4) is 0 Å². The van der Waals surface area contributed by atoms with Gasteiger partial charge in [0.1, 0.15) is 11.1 Å². The van der Waals surface area contributed by atoms with Crippen molar-refractivity contribution in [2.24, 2.45) is 4.99 Å². The summed E-state index contributed by atoms with van der Waals surface area (Å²) in [7, 11) is 1.65. The van der Waals surface area contributed by atoms with Gasteiger partial charge in [0, 0.05) is 4.90 Å². The van der Waals surface area contributed by atoms with E-state index in [1.165, 1.54) is 11.1 Å². The SMILES string of the molecule is COc1ccccc1OC(C)C(=Nc1ccc(C)cc1)Sc1cccc(C)c1. The average molecular weight is 392 g/mol. The summed E-state index contributed by atoms with van der Waals surface area (Å²) < 4.78 is 11.6. The first kappa shape index (κ1) is 20.0. The zero-order valence-corrected chi connectivity index (χ0v) is 17.5. The summed E-state index contributed by atoms with van der Waals surface area (Å²) in [5.74, 6) is 1.42. The highest BCUT2D eigenvalue weighted by Crippen LogP contribution is 2.31. The van der Waals surface area contributed by atoms with E-state index in [-0.39, 0.29) is 6.10 Å². The third-order valence-electron chi connectivity index (χ3n) is 4.21. The molecule has 0 aliphatic rings. The molecule has 3 rings (SSSR count). The number of benzene rings is 3. The Morgan fingerprint density at radius 1 is 0.857 bits per heavy atom. The summed E-state index contributed by atoms with van der Waals surface area (Å²) in [4.78, 5) is 6.03. The zero-order valence-electron chi connectivity index (χ0n) is 16.7. The highest BCUT2D eigenvalue weighted by atomic mass is 32.2. The Hall–Kier alpha value is -2.72. The molecule has 1 unspecified atom stereocenters. The first-order valence-electron chi connectivity index (χ1n) is 9.24. The molecule has 0 radical (unpaired) electrons. The van der Waals surface area contributed by atoms with Gasteiger partial charge in [0.25, 0.3) is 0 Å². The van der Waals surface area contributed by atoms with E-state index in [9.17, 15) is 0 Å². The van der Waals surface area contributed by atoms with Gasteiger partial charge in [-0.25, -0.2) is 4.99 Å². The number of hydrogen-bond donors (Lipinski definition) is 0. The number of para-hydroxylation sites is 2. The Morgan fingerprint density at radius 2 is 1.57 bits per heavy atom. The lowest BCUT2D eigenvalue weighted by Crippen LogP contribution is -2.21. The summed E-state index contributed by atoms with van der Waals surface area (Å²) in [5, 5.41) is 0.889. The number of methoxy groups -OCH3 is 1. The van der Waals surface area contributed by atoms with Crippen molar-refractivity contribution in [1.82, 2.24) is 0 Å². The maximum atomic E-state index is 6.22. The van der Waals surface area contributed by atoms with E-state index < -0.39 is 0 Å². The lowest BCUT2D eigenvalue weighted by Gasteiger charge is -2.19. The summed E-state index contributed by atoms with van der Waals surface area (Å²) in [6, 6.07) is 24.3. The van der Waals surface area contributed by atoms with Crippen molar-refractivity contribution in [1.29, 1.82) is 0 Å². The number of thioether (sulfide) groups is 1. The van der Waals surface area contributed by atoms with Crippen LogP contribution in [0.15, 0.2) is 82.7 Å². The molecular formula is C24H25NO2S. The summed E-state index contributed by atoms with van der Waals surface area (Å²) in [6.07, 6.45) is -0.233. The molecule has 4 heteroatoms. The van der Waals surface area contributed by atoms with Crippen LogP contribution in [0.4, 0.5) is 5.69 Å². The second kappa shape index (κ2) is 9.47. The van der Waals surface area contributed by atoms with Crippen molar-refractivity contribution in [2.75, 3.05) is 7.11 Å². The highest BCUT2D eigenvalue weighted by molar-refractivity contribution is 8.14. The quantitative estimate of drug-likeness (QED) is 0.269. The number of aliphatic imine (C=N–C) groups is 1. The minimum absolute atomic E-state index is 0.233. The first-order valence-corrected chi connectivity index (χ1v) is 10.1. The summed E-state index contributed by atoms with van der Waals surface area (Å²) in [6.45, 7) is 6.18. The number of nitrogens with zero attached hydrogens (tertiary/aromatic N) is 1. The molecule has 0 heterocycles. The number of ether oxygens (including phenoxy) is 2. The van der Waals surface area contributed by atoms with E-state index in [1.807, 2.05) is 43.3 Å². The van der Waals surface area contributed by atoms with Gasteiger partial charge in [0.2, 0.25) is 0 Å². The molecule has 3 nitrogen and oxygen atoms in total. The van der Waals surface area contributed by atoms with Gasteiger partial charge in [0.15, 0.2) is 11.5 Å². The number of hydrogen-bond acceptors (Lipinski definition) is 4. The molecule has 3 aromatic rings. The van der Waals surface area contributed by atoms with Crippen LogP contribution in [0.25, 0.3) is 0 Å². The molecule has 3 aromatic carbocycles. The average Bonchev–Trinajstić information content (AvgIpc) is 2.69. The van der Waals surface area contributed by atoms with Gasteiger partial charge < -0.3 is 9.47 Å². The molecule has 0 aliphatic carbocycles. The predicted octanol–water partition coefficient (Wildman–Crippen LogP) is 6.60. The normalized spacial score (nSPS) is 12.5. The Labute approximate surface area is 171 Å². The van der Waals surface area contributed by atoms with Crippen LogP contribution in [-0.4, -0.2) is 18.3 Å². The van der Waals surface area contributed by atoms with Gasteiger partial charge in [-0.15, -0.1) is 0 Å². The molecular weight excluding hydrogens is 366 g/mol. The highest BCUT2D eigenvalue weighted by Gasteiger charge is 2.17. The van der Waals surface area contributed by atoms with Gasteiger partial charge >= 0.3 is 0 Å². The zero-order chi connectivity index (χ0) is 19.9. The molecule has 0 bridgehead atoms. The molecule has 0 fully saturated rings. The Kier molecular flexibility index (Phi) is 6.77. The van der Waals surface area contributed by atoms with Gasteiger partial charge in [-0.1, -0.05) is 59.3 Å². The molecule has 0 aliphatic heterocycles. The third-order valence-corrected chi connectivity index (χ3v) is 5.33. The van der Waals surface area contributed by atoms with Crippen LogP contribution in [0.5, 0.6) is 11.5 Å². The van der Waals surface area contributed by atoms with E-state index in [0.29, 0.717) is 11.5 Å². The van der Waals surface area contributed by atoms with E-state index in [0.717, 1.165) is 15.6 Å². The fraction of sp³-hybridized carbons (Fsp3) is 0.208. The van der Waals surface area contributed by atoms with Crippen molar-refractivity contribution >= 4 is 22.5 Å². The second-order valence-corrected chi connectivity index (χ2v) is 7.71. The van der Waals surface area contributed by atoms with Crippen molar-refractivity contribution < 1.29 is 9.47 Å². The Balaban J connectivity index is 1.91. The maximum absolute atomic E-state index is 6.22.